The fraction of sp³-hybridized carbons (Fsp3) is 0.632. The largest absolute Gasteiger partial charge is 0.379 e. The Balaban J connectivity index is 1.29. The molecule has 0 aromatic carbocycles. The van der Waals surface area contributed by atoms with Crippen LogP contribution >= 0.6 is 0 Å². The highest BCUT2D eigenvalue weighted by molar-refractivity contribution is 5.59. The van der Waals surface area contributed by atoms with Gasteiger partial charge in [-0.15, -0.1) is 0 Å². The normalized spacial score (nSPS) is 21.4. The Morgan fingerprint density at radius 1 is 1.21 bits per heavy atom. The third-order valence-electron chi connectivity index (χ3n) is 6.06. The first-order valence-corrected chi connectivity index (χ1v) is 10.1. The summed E-state index contributed by atoms with van der Waals surface area (Å²) in [6.07, 6.45) is 3.63. The lowest BCUT2D eigenvalue weighted by atomic mass is 9.83. The lowest BCUT2D eigenvalue weighted by Gasteiger charge is -2.47. The first-order chi connectivity index (χ1) is 13.7. The molecule has 0 atom stereocenters. The van der Waals surface area contributed by atoms with Crippen molar-refractivity contribution in [2.75, 3.05) is 49.6 Å². The van der Waals surface area contributed by atoms with E-state index in [0.717, 1.165) is 45.1 Å². The summed E-state index contributed by atoms with van der Waals surface area (Å²) >= 11 is 0. The maximum Gasteiger partial charge on any atom is 0.208 e. The molecule has 0 spiro atoms. The van der Waals surface area contributed by atoms with Crippen LogP contribution in [0.5, 0.6) is 0 Å². The van der Waals surface area contributed by atoms with Gasteiger partial charge in [0.1, 0.15) is 5.82 Å². The Bertz CT molecular complexity index is 841. The second-order valence-corrected chi connectivity index (χ2v) is 7.93. The molecule has 150 valence electrons. The third-order valence-corrected chi connectivity index (χ3v) is 6.06. The summed E-state index contributed by atoms with van der Waals surface area (Å²) in [7, 11) is 0. The molecule has 0 unspecified atom stereocenters. The minimum absolute atomic E-state index is 0.184. The molecule has 8 nitrogen and oxygen atoms in total. The van der Waals surface area contributed by atoms with Crippen LogP contribution in [-0.4, -0.2) is 70.5 Å². The minimum Gasteiger partial charge on any atom is -0.379 e. The zero-order valence-electron chi connectivity index (χ0n) is 16.1. The van der Waals surface area contributed by atoms with Gasteiger partial charge in [0.05, 0.1) is 13.2 Å². The van der Waals surface area contributed by atoms with Gasteiger partial charge < -0.3 is 15.0 Å². The van der Waals surface area contributed by atoms with E-state index in [9.17, 15) is 0 Å². The maximum atomic E-state index is 15.1. The molecule has 9 heteroatoms. The van der Waals surface area contributed by atoms with Crippen LogP contribution in [-0.2, 0) is 4.74 Å². The Kier molecular flexibility index (Phi) is 4.64. The number of hydrogen-bond acceptors (Lipinski definition) is 7. The van der Waals surface area contributed by atoms with Crippen LogP contribution in [0.25, 0.3) is 0 Å². The van der Waals surface area contributed by atoms with Gasteiger partial charge in [-0.25, -0.2) is 9.97 Å². The van der Waals surface area contributed by atoms with E-state index in [2.05, 4.69) is 30.4 Å². The summed E-state index contributed by atoms with van der Waals surface area (Å²) in [5, 5.41) is 10.4. The molecule has 2 saturated heterocycles. The van der Waals surface area contributed by atoms with Gasteiger partial charge in [-0.2, -0.15) is 9.49 Å². The molecule has 28 heavy (non-hydrogen) atoms. The predicted octanol–water partition coefficient (Wildman–Crippen LogP) is 2.18. The zero-order chi connectivity index (χ0) is 19.1. The van der Waals surface area contributed by atoms with Gasteiger partial charge in [0.25, 0.3) is 0 Å². The number of morpholine rings is 1. The van der Waals surface area contributed by atoms with E-state index in [1.807, 2.05) is 11.0 Å². The van der Waals surface area contributed by atoms with Crippen molar-refractivity contribution in [3.63, 3.8) is 0 Å². The van der Waals surface area contributed by atoms with Gasteiger partial charge in [0.15, 0.2) is 17.5 Å². The molecule has 2 N–H and O–H groups in total. The first-order valence-electron chi connectivity index (χ1n) is 10.1. The number of ether oxygens (including phenoxy) is 1. The van der Waals surface area contributed by atoms with Gasteiger partial charge in [0, 0.05) is 49.9 Å². The molecule has 0 radical (unpaired) electrons. The van der Waals surface area contributed by atoms with Crippen LogP contribution in [0.2, 0.25) is 0 Å². The Hall–Kier alpha value is -2.26. The summed E-state index contributed by atoms with van der Waals surface area (Å²) in [6, 6.07) is 2.39. The third kappa shape index (κ3) is 3.33. The van der Waals surface area contributed by atoms with E-state index in [0.29, 0.717) is 29.4 Å². The van der Waals surface area contributed by atoms with E-state index in [4.69, 9.17) is 4.74 Å². The van der Waals surface area contributed by atoms with E-state index in [1.165, 1.54) is 19.3 Å². The fourth-order valence-electron chi connectivity index (χ4n) is 4.09. The summed E-state index contributed by atoms with van der Waals surface area (Å²) in [6.45, 7) is 6.79. The second-order valence-electron chi connectivity index (χ2n) is 7.93. The zero-order valence-corrected chi connectivity index (χ0v) is 16.1. The standard InChI is InChI=1S/C19H26FN7O/c1-12-21-18(23-16-9-15(24-25-16)13-3-2-4-13)17(20)19(22-12)27-10-14(11-27)26-5-7-28-8-6-26/h9,13-14H,2-8,10-11H2,1H3,(H2,21,22,23,24,25). The lowest BCUT2D eigenvalue weighted by molar-refractivity contribution is 0.0103. The van der Waals surface area contributed by atoms with E-state index >= 15 is 4.39 Å². The topological polar surface area (TPSA) is 82.2 Å². The van der Waals surface area contributed by atoms with Gasteiger partial charge >= 0.3 is 0 Å². The monoisotopic (exact) mass is 387 g/mol. The summed E-state index contributed by atoms with van der Waals surface area (Å²) in [5.74, 6) is 1.83. The molecule has 3 fully saturated rings. The molecule has 4 heterocycles. The number of aryl methyl sites for hydroxylation is 1. The van der Waals surface area contributed by atoms with Crippen molar-refractivity contribution in [1.82, 2.24) is 25.1 Å². The van der Waals surface area contributed by atoms with Crippen molar-refractivity contribution in [1.29, 1.82) is 0 Å². The Labute approximate surface area is 163 Å². The Morgan fingerprint density at radius 2 is 2.00 bits per heavy atom. The van der Waals surface area contributed by atoms with Crippen LogP contribution in [0.1, 0.15) is 36.7 Å². The lowest BCUT2D eigenvalue weighted by Crippen LogP contribution is -2.62. The SMILES string of the molecule is Cc1nc(Nc2cc(C3CCC3)[nH]n2)c(F)c(N2CC(N3CCOCC3)C2)n1. The maximum absolute atomic E-state index is 15.1. The van der Waals surface area contributed by atoms with Gasteiger partial charge in [-0.05, 0) is 19.8 Å². The number of rotatable bonds is 5. The average Bonchev–Trinajstić information content (AvgIpc) is 3.05. The summed E-state index contributed by atoms with van der Waals surface area (Å²) < 4.78 is 20.5. The minimum atomic E-state index is -0.417. The highest BCUT2D eigenvalue weighted by atomic mass is 19.1. The highest BCUT2D eigenvalue weighted by Crippen LogP contribution is 2.36. The molecule has 1 aliphatic carbocycles. The van der Waals surface area contributed by atoms with Crippen LogP contribution < -0.4 is 10.2 Å². The number of nitrogens with one attached hydrogen (secondary N) is 2. The average molecular weight is 387 g/mol. The van der Waals surface area contributed by atoms with Crippen molar-refractivity contribution in [2.24, 2.45) is 0 Å². The number of anilines is 3. The van der Waals surface area contributed by atoms with Gasteiger partial charge in [-0.3, -0.25) is 10.00 Å². The number of aromatic amines is 1. The Morgan fingerprint density at radius 3 is 2.71 bits per heavy atom. The van der Waals surface area contributed by atoms with E-state index in [-0.39, 0.29) is 5.82 Å². The summed E-state index contributed by atoms with van der Waals surface area (Å²) in [5.41, 5.74) is 1.11. The number of H-pyrrole nitrogens is 1. The number of aromatic nitrogens is 4. The van der Waals surface area contributed by atoms with Crippen LogP contribution in [0, 0.1) is 12.7 Å². The number of halogens is 1. The smallest absolute Gasteiger partial charge is 0.208 e. The van der Waals surface area contributed by atoms with Crippen LogP contribution in [0.3, 0.4) is 0 Å². The quantitative estimate of drug-likeness (QED) is 0.814. The number of nitrogens with zero attached hydrogens (tertiary/aromatic N) is 5. The molecular formula is C19H26FN7O. The van der Waals surface area contributed by atoms with Crippen molar-refractivity contribution in [3.8, 4) is 0 Å². The molecule has 2 aromatic rings. The van der Waals surface area contributed by atoms with Gasteiger partial charge in [0.2, 0.25) is 5.82 Å². The van der Waals surface area contributed by atoms with Crippen molar-refractivity contribution < 1.29 is 9.13 Å². The van der Waals surface area contributed by atoms with E-state index in [1.54, 1.807) is 6.92 Å². The molecular weight excluding hydrogens is 361 g/mol. The van der Waals surface area contributed by atoms with Crippen LogP contribution in [0.4, 0.5) is 21.8 Å². The van der Waals surface area contributed by atoms with Crippen molar-refractivity contribution >= 4 is 17.5 Å². The van der Waals surface area contributed by atoms with Crippen LogP contribution in [0.15, 0.2) is 6.07 Å². The highest BCUT2D eigenvalue weighted by Gasteiger charge is 2.35. The van der Waals surface area contributed by atoms with E-state index < -0.39 is 5.82 Å². The van der Waals surface area contributed by atoms with Gasteiger partial charge in [-0.1, -0.05) is 6.42 Å². The molecule has 2 aromatic heterocycles. The van der Waals surface area contributed by atoms with Crippen molar-refractivity contribution in [2.45, 2.75) is 38.1 Å². The molecule has 5 rings (SSSR count). The van der Waals surface area contributed by atoms with Crippen molar-refractivity contribution in [3.05, 3.63) is 23.4 Å². The molecule has 1 saturated carbocycles. The predicted molar refractivity (Wildman–Crippen MR) is 104 cm³/mol. The molecule has 0 amide bonds. The second kappa shape index (κ2) is 7.29. The molecule has 2 aliphatic heterocycles. The number of hydrogen-bond donors (Lipinski definition) is 2. The fourth-order valence-corrected chi connectivity index (χ4v) is 4.09. The summed E-state index contributed by atoms with van der Waals surface area (Å²) in [4.78, 5) is 13.0. The molecule has 0 bridgehead atoms. The first kappa shape index (κ1) is 17.8. The molecule has 3 aliphatic rings.